The molecule has 0 aliphatic carbocycles. The summed E-state index contributed by atoms with van der Waals surface area (Å²) < 4.78 is 10.8. The van der Waals surface area contributed by atoms with Gasteiger partial charge in [-0.15, -0.1) is 0 Å². The van der Waals surface area contributed by atoms with E-state index in [0.717, 1.165) is 19.4 Å². The van der Waals surface area contributed by atoms with Crippen LogP contribution in [0.5, 0.6) is 0 Å². The molecule has 1 aliphatic heterocycles. The topological polar surface area (TPSA) is 59.6 Å². The second-order valence-corrected chi connectivity index (χ2v) is 6.19. The molecule has 0 aromatic heterocycles. The zero-order chi connectivity index (χ0) is 14.3. The predicted octanol–water partition coefficient (Wildman–Crippen LogP) is 1.77. The van der Waals surface area contributed by atoms with E-state index in [9.17, 15) is 4.79 Å². The van der Waals surface area contributed by atoms with Gasteiger partial charge in [0, 0.05) is 32.7 Å². The Morgan fingerprint density at radius 1 is 1.37 bits per heavy atom. The van der Waals surface area contributed by atoms with E-state index in [4.69, 9.17) is 9.47 Å². The molecule has 19 heavy (non-hydrogen) atoms. The highest BCUT2D eigenvalue weighted by Gasteiger charge is 2.35. The van der Waals surface area contributed by atoms with Gasteiger partial charge in [0.1, 0.15) is 0 Å². The highest BCUT2D eigenvalue weighted by atomic mass is 16.5. The molecule has 2 amide bonds. The average molecular weight is 272 g/mol. The second kappa shape index (κ2) is 7.70. The van der Waals surface area contributed by atoms with Gasteiger partial charge in [-0.2, -0.15) is 0 Å². The zero-order valence-electron chi connectivity index (χ0n) is 12.6. The largest absolute Gasteiger partial charge is 0.383 e. The molecule has 1 saturated heterocycles. The second-order valence-electron chi connectivity index (χ2n) is 6.19. The number of carbonyl (C=O) groups excluding carboxylic acids is 1. The van der Waals surface area contributed by atoms with E-state index >= 15 is 0 Å². The lowest BCUT2D eigenvalue weighted by Crippen LogP contribution is -2.47. The molecule has 0 spiro atoms. The van der Waals surface area contributed by atoms with Crippen LogP contribution in [0.1, 0.15) is 33.6 Å². The van der Waals surface area contributed by atoms with Crippen LogP contribution in [0, 0.1) is 11.3 Å². The van der Waals surface area contributed by atoms with Crippen molar-refractivity contribution in [3.05, 3.63) is 0 Å². The van der Waals surface area contributed by atoms with Crippen LogP contribution in [0.3, 0.4) is 0 Å². The first kappa shape index (κ1) is 16.2. The maximum atomic E-state index is 11.6. The average Bonchev–Trinajstić information content (AvgIpc) is 2.36. The summed E-state index contributed by atoms with van der Waals surface area (Å²) in [4.78, 5) is 11.6. The summed E-state index contributed by atoms with van der Waals surface area (Å²) in [6.45, 7) is 9.13. The molecule has 1 heterocycles. The van der Waals surface area contributed by atoms with Crippen LogP contribution < -0.4 is 10.6 Å². The van der Waals surface area contributed by atoms with Crippen molar-refractivity contribution >= 4 is 6.03 Å². The third kappa shape index (κ3) is 5.78. The number of rotatable bonds is 5. The van der Waals surface area contributed by atoms with Gasteiger partial charge in [0.05, 0.1) is 12.7 Å². The number of methoxy groups -OCH3 is 1. The first-order valence-corrected chi connectivity index (χ1v) is 7.07. The van der Waals surface area contributed by atoms with Crippen molar-refractivity contribution in [2.75, 3.05) is 33.4 Å². The minimum Gasteiger partial charge on any atom is -0.383 e. The molecule has 0 aromatic carbocycles. The molecule has 1 fully saturated rings. The molecule has 0 unspecified atom stereocenters. The van der Waals surface area contributed by atoms with Gasteiger partial charge in [0.25, 0.3) is 0 Å². The van der Waals surface area contributed by atoms with Crippen molar-refractivity contribution in [3.8, 4) is 0 Å². The Morgan fingerprint density at radius 2 is 2.11 bits per heavy atom. The number of nitrogens with one attached hydrogen (secondary N) is 2. The van der Waals surface area contributed by atoms with Gasteiger partial charge in [0.2, 0.25) is 0 Å². The van der Waals surface area contributed by atoms with Crippen LogP contribution >= 0.6 is 0 Å². The maximum Gasteiger partial charge on any atom is 0.314 e. The Hall–Kier alpha value is -0.810. The summed E-state index contributed by atoms with van der Waals surface area (Å²) in [6.07, 6.45) is 2.39. The lowest BCUT2D eigenvalue weighted by Gasteiger charge is -2.40. The summed E-state index contributed by atoms with van der Waals surface area (Å²) in [5.41, 5.74) is 0.110. The van der Waals surface area contributed by atoms with Crippen molar-refractivity contribution < 1.29 is 14.3 Å². The summed E-state index contributed by atoms with van der Waals surface area (Å²) in [7, 11) is 1.62. The quantitative estimate of drug-likeness (QED) is 0.750. The minimum absolute atomic E-state index is 0.110. The number of ether oxygens (including phenoxy) is 2. The van der Waals surface area contributed by atoms with Gasteiger partial charge >= 0.3 is 6.03 Å². The predicted molar refractivity (Wildman–Crippen MR) is 75.2 cm³/mol. The monoisotopic (exact) mass is 272 g/mol. The SMILES string of the molecule is COCCNC(=O)NC[C@@H]1CCCO[C@@H]1C(C)(C)C. The van der Waals surface area contributed by atoms with Crippen LogP contribution in [0.15, 0.2) is 0 Å². The Bertz CT molecular complexity index is 276. The van der Waals surface area contributed by atoms with Crippen LogP contribution in [0.2, 0.25) is 0 Å². The molecule has 0 saturated carbocycles. The van der Waals surface area contributed by atoms with E-state index in [-0.39, 0.29) is 17.6 Å². The van der Waals surface area contributed by atoms with Crippen molar-refractivity contribution in [1.82, 2.24) is 10.6 Å². The first-order valence-electron chi connectivity index (χ1n) is 7.07. The van der Waals surface area contributed by atoms with Crippen LogP contribution in [0.25, 0.3) is 0 Å². The molecule has 5 heteroatoms. The molecular weight excluding hydrogens is 244 g/mol. The van der Waals surface area contributed by atoms with Gasteiger partial charge in [0.15, 0.2) is 0 Å². The van der Waals surface area contributed by atoms with E-state index in [1.807, 2.05) is 0 Å². The lowest BCUT2D eigenvalue weighted by atomic mass is 9.78. The molecular formula is C14H28N2O3. The van der Waals surface area contributed by atoms with E-state index in [1.54, 1.807) is 7.11 Å². The highest BCUT2D eigenvalue weighted by molar-refractivity contribution is 5.73. The highest BCUT2D eigenvalue weighted by Crippen LogP contribution is 2.33. The van der Waals surface area contributed by atoms with Crippen molar-refractivity contribution in [2.45, 2.75) is 39.7 Å². The summed E-state index contributed by atoms with van der Waals surface area (Å²) >= 11 is 0. The molecule has 1 aliphatic rings. The van der Waals surface area contributed by atoms with Gasteiger partial charge in [-0.1, -0.05) is 20.8 Å². The number of hydrogen-bond donors (Lipinski definition) is 2. The van der Waals surface area contributed by atoms with Crippen LogP contribution in [0.4, 0.5) is 4.79 Å². The summed E-state index contributed by atoms with van der Waals surface area (Å²) in [5, 5.41) is 5.69. The fourth-order valence-electron chi connectivity index (χ4n) is 2.56. The van der Waals surface area contributed by atoms with Crippen molar-refractivity contribution in [1.29, 1.82) is 0 Å². The van der Waals surface area contributed by atoms with Gasteiger partial charge in [-0.05, 0) is 18.3 Å². The molecule has 5 nitrogen and oxygen atoms in total. The minimum atomic E-state index is -0.129. The van der Waals surface area contributed by atoms with Gasteiger partial charge in [-0.25, -0.2) is 4.79 Å². The number of hydrogen-bond acceptors (Lipinski definition) is 3. The van der Waals surface area contributed by atoms with E-state index < -0.39 is 0 Å². The Labute approximate surface area is 116 Å². The smallest absolute Gasteiger partial charge is 0.314 e. The van der Waals surface area contributed by atoms with Crippen molar-refractivity contribution in [3.63, 3.8) is 0 Å². The lowest BCUT2D eigenvalue weighted by molar-refractivity contribution is -0.0837. The Kier molecular flexibility index (Phi) is 6.58. The third-order valence-corrected chi connectivity index (χ3v) is 3.41. The number of amides is 2. The number of carbonyl (C=O) groups is 1. The van der Waals surface area contributed by atoms with Gasteiger partial charge in [-0.3, -0.25) is 0 Å². The number of urea groups is 1. The van der Waals surface area contributed by atoms with Crippen LogP contribution in [-0.2, 0) is 9.47 Å². The Balaban J connectivity index is 2.35. The third-order valence-electron chi connectivity index (χ3n) is 3.41. The fraction of sp³-hybridized carbons (Fsp3) is 0.929. The zero-order valence-corrected chi connectivity index (χ0v) is 12.6. The standard InChI is InChI=1S/C14H28N2O3/c1-14(2,3)12-11(6-5-8-19-12)10-16-13(17)15-7-9-18-4/h11-12H,5-10H2,1-4H3,(H2,15,16,17)/t11-,12-/m0/s1. The molecule has 0 bridgehead atoms. The molecule has 2 atom stereocenters. The first-order chi connectivity index (χ1) is 8.95. The molecule has 0 radical (unpaired) electrons. The van der Waals surface area contributed by atoms with Gasteiger partial charge < -0.3 is 20.1 Å². The fourth-order valence-corrected chi connectivity index (χ4v) is 2.56. The molecule has 1 rings (SSSR count). The summed E-state index contributed by atoms with van der Waals surface area (Å²) in [5.74, 6) is 0.391. The Morgan fingerprint density at radius 3 is 2.74 bits per heavy atom. The molecule has 2 N–H and O–H groups in total. The maximum absolute atomic E-state index is 11.6. The molecule has 0 aromatic rings. The summed E-state index contributed by atoms with van der Waals surface area (Å²) in [6, 6.07) is -0.129. The van der Waals surface area contributed by atoms with E-state index in [1.165, 1.54) is 0 Å². The van der Waals surface area contributed by atoms with Crippen molar-refractivity contribution in [2.24, 2.45) is 11.3 Å². The van der Waals surface area contributed by atoms with E-state index in [2.05, 4.69) is 31.4 Å². The molecule has 112 valence electrons. The van der Waals surface area contributed by atoms with Crippen LogP contribution in [-0.4, -0.2) is 45.5 Å². The van der Waals surface area contributed by atoms with E-state index in [0.29, 0.717) is 25.6 Å². The normalized spacial score (nSPS) is 24.0.